The fourth-order valence-corrected chi connectivity index (χ4v) is 4.67. The number of carboxylic acids is 1. The van der Waals surface area contributed by atoms with Gasteiger partial charge in [0.2, 0.25) is 0 Å². The van der Waals surface area contributed by atoms with Crippen molar-refractivity contribution in [2.45, 2.75) is 45.2 Å². The van der Waals surface area contributed by atoms with Crippen molar-refractivity contribution >= 4 is 16.9 Å². The molecule has 0 saturated carbocycles. The fraction of sp³-hybridized carbons (Fsp3) is 0.435. The number of aromatic nitrogens is 1. The molecule has 4 rings (SSSR count). The minimum atomic E-state index is -0.977. The van der Waals surface area contributed by atoms with E-state index in [-0.39, 0.29) is 18.3 Å². The molecule has 2 aromatic rings. The second kappa shape index (κ2) is 8.03. The molecule has 1 aromatic carbocycles. The van der Waals surface area contributed by atoms with E-state index in [0.29, 0.717) is 12.1 Å². The van der Waals surface area contributed by atoms with E-state index >= 15 is 0 Å². The first-order valence-corrected chi connectivity index (χ1v) is 10.2. The molecule has 5 nitrogen and oxygen atoms in total. The number of nitrogens with one attached hydrogen (secondary N) is 1. The number of carbonyl (C=O) groups is 1. The molecule has 1 aromatic heterocycles. The van der Waals surface area contributed by atoms with E-state index in [4.69, 9.17) is 4.74 Å². The molecule has 1 aliphatic carbocycles. The summed E-state index contributed by atoms with van der Waals surface area (Å²) in [4.78, 5) is 16.8. The highest BCUT2D eigenvalue weighted by molar-refractivity contribution is 5.88. The van der Waals surface area contributed by atoms with Crippen LogP contribution in [0.5, 0.6) is 5.75 Å². The standard InChI is InChI=1S/C23H27FN2O3/c1-14-11-21(29-2)18(16-8-9-25-22(14)16)13-26-10-4-3-5-20(26)17-7-6-15(23(27)28)12-19(17)24/h6-9,11,15,20,25H,3-5,10,12-13H2,1-2H3,(H,27,28)/t15?,20-/m0/s1. The number of aromatic amines is 1. The summed E-state index contributed by atoms with van der Waals surface area (Å²) in [5.41, 5.74) is 3.97. The minimum absolute atomic E-state index is 0.0465. The number of H-pyrrole nitrogens is 1. The topological polar surface area (TPSA) is 65.6 Å². The zero-order chi connectivity index (χ0) is 20.5. The van der Waals surface area contributed by atoms with Crippen LogP contribution >= 0.6 is 0 Å². The Morgan fingerprint density at radius 3 is 2.97 bits per heavy atom. The number of fused-ring (bicyclic) bond motifs is 1. The Morgan fingerprint density at radius 2 is 2.24 bits per heavy atom. The maximum absolute atomic E-state index is 14.9. The molecule has 154 valence electrons. The SMILES string of the molecule is COc1cc(C)c2[nH]ccc2c1CN1CCCC[C@H]1C1=C(F)CC(C(=O)O)C=C1. The van der Waals surface area contributed by atoms with Crippen LogP contribution in [0.3, 0.4) is 0 Å². The van der Waals surface area contributed by atoms with Crippen molar-refractivity contribution in [3.05, 3.63) is 53.0 Å². The summed E-state index contributed by atoms with van der Waals surface area (Å²) < 4.78 is 20.5. The molecule has 0 amide bonds. The number of methoxy groups -OCH3 is 1. The average molecular weight is 398 g/mol. The van der Waals surface area contributed by atoms with Crippen molar-refractivity contribution in [2.75, 3.05) is 13.7 Å². The smallest absolute Gasteiger partial charge is 0.310 e. The quantitative estimate of drug-likeness (QED) is 0.765. The molecule has 0 bridgehead atoms. The van der Waals surface area contributed by atoms with Gasteiger partial charge >= 0.3 is 5.97 Å². The normalized spacial score (nSPS) is 23.0. The van der Waals surface area contributed by atoms with Crippen LogP contribution < -0.4 is 4.74 Å². The van der Waals surface area contributed by atoms with Crippen molar-refractivity contribution in [3.8, 4) is 5.75 Å². The highest BCUT2D eigenvalue weighted by Crippen LogP contribution is 2.36. The van der Waals surface area contributed by atoms with E-state index in [0.717, 1.165) is 53.6 Å². The molecule has 0 radical (unpaired) electrons. The summed E-state index contributed by atoms with van der Waals surface area (Å²) in [6.07, 6.45) is 8.18. The summed E-state index contributed by atoms with van der Waals surface area (Å²) in [5, 5.41) is 10.3. The number of benzene rings is 1. The lowest BCUT2D eigenvalue weighted by Crippen LogP contribution is -2.40. The van der Waals surface area contributed by atoms with Crippen LogP contribution in [0.1, 0.15) is 36.8 Å². The number of carboxylic acid groups (broad SMARTS) is 1. The van der Waals surface area contributed by atoms with Gasteiger partial charge in [-0.3, -0.25) is 9.69 Å². The van der Waals surface area contributed by atoms with E-state index < -0.39 is 11.9 Å². The zero-order valence-corrected chi connectivity index (χ0v) is 16.9. The lowest BCUT2D eigenvalue weighted by atomic mass is 9.87. The Labute approximate surface area is 169 Å². The molecule has 2 N–H and O–H groups in total. The van der Waals surface area contributed by atoms with E-state index in [1.165, 1.54) is 0 Å². The fourth-order valence-electron chi connectivity index (χ4n) is 4.67. The van der Waals surface area contributed by atoms with Gasteiger partial charge in [0.05, 0.1) is 13.0 Å². The Kier molecular flexibility index (Phi) is 5.46. The van der Waals surface area contributed by atoms with Gasteiger partial charge in [-0.05, 0) is 44.0 Å². The largest absolute Gasteiger partial charge is 0.496 e. The van der Waals surface area contributed by atoms with Gasteiger partial charge in [0.25, 0.3) is 0 Å². The average Bonchev–Trinajstić information content (AvgIpc) is 3.21. The van der Waals surface area contributed by atoms with E-state index in [1.54, 1.807) is 19.3 Å². The van der Waals surface area contributed by atoms with Crippen molar-refractivity contribution in [1.29, 1.82) is 0 Å². The third kappa shape index (κ3) is 3.69. The molecule has 1 aliphatic heterocycles. The van der Waals surface area contributed by atoms with Gasteiger partial charge in [0.15, 0.2) is 0 Å². The van der Waals surface area contributed by atoms with Crippen LogP contribution in [0.25, 0.3) is 10.9 Å². The van der Waals surface area contributed by atoms with Crippen molar-refractivity contribution < 1.29 is 19.0 Å². The third-order valence-electron chi connectivity index (χ3n) is 6.20. The second-order valence-electron chi connectivity index (χ2n) is 7.99. The molecule has 2 heterocycles. The predicted molar refractivity (Wildman–Crippen MR) is 111 cm³/mol. The maximum Gasteiger partial charge on any atom is 0.310 e. The van der Waals surface area contributed by atoms with Crippen LogP contribution in [-0.2, 0) is 11.3 Å². The highest BCUT2D eigenvalue weighted by Gasteiger charge is 2.31. The first kappa shape index (κ1) is 19.7. The molecule has 2 aliphatic rings. The molecule has 6 heteroatoms. The van der Waals surface area contributed by atoms with Crippen LogP contribution in [0.4, 0.5) is 4.39 Å². The molecular weight excluding hydrogens is 371 g/mol. The first-order valence-electron chi connectivity index (χ1n) is 10.2. The number of nitrogens with zero attached hydrogens (tertiary/aromatic N) is 1. The number of aliphatic carboxylic acids is 1. The number of aryl methyl sites for hydroxylation is 1. The van der Waals surface area contributed by atoms with Crippen LogP contribution in [-0.4, -0.2) is 40.7 Å². The second-order valence-corrected chi connectivity index (χ2v) is 7.99. The Morgan fingerprint density at radius 1 is 1.41 bits per heavy atom. The van der Waals surface area contributed by atoms with Gasteiger partial charge in [-0.1, -0.05) is 18.6 Å². The minimum Gasteiger partial charge on any atom is -0.496 e. The number of likely N-dealkylation sites (tertiary alicyclic amines) is 1. The third-order valence-corrected chi connectivity index (χ3v) is 6.20. The number of ether oxygens (including phenoxy) is 1. The van der Waals surface area contributed by atoms with E-state index in [2.05, 4.69) is 22.9 Å². The Balaban J connectivity index is 1.67. The van der Waals surface area contributed by atoms with Crippen molar-refractivity contribution in [3.63, 3.8) is 0 Å². The summed E-state index contributed by atoms with van der Waals surface area (Å²) >= 11 is 0. The van der Waals surface area contributed by atoms with Gasteiger partial charge in [-0.2, -0.15) is 0 Å². The maximum atomic E-state index is 14.9. The van der Waals surface area contributed by atoms with Crippen LogP contribution in [0.15, 0.2) is 41.9 Å². The predicted octanol–water partition coefficient (Wildman–Crippen LogP) is 4.72. The lowest BCUT2D eigenvalue weighted by molar-refractivity contribution is -0.140. The monoisotopic (exact) mass is 398 g/mol. The van der Waals surface area contributed by atoms with Gasteiger partial charge in [0, 0.05) is 47.2 Å². The van der Waals surface area contributed by atoms with E-state index in [9.17, 15) is 14.3 Å². The number of piperidine rings is 1. The van der Waals surface area contributed by atoms with Gasteiger partial charge in [0.1, 0.15) is 11.6 Å². The molecule has 0 spiro atoms. The van der Waals surface area contributed by atoms with Crippen molar-refractivity contribution in [1.82, 2.24) is 9.88 Å². The Bertz CT molecular complexity index is 991. The highest BCUT2D eigenvalue weighted by atomic mass is 19.1. The molecule has 2 atom stereocenters. The molecule has 29 heavy (non-hydrogen) atoms. The molecule has 1 unspecified atom stereocenters. The van der Waals surface area contributed by atoms with Crippen LogP contribution in [0.2, 0.25) is 0 Å². The number of rotatable bonds is 5. The zero-order valence-electron chi connectivity index (χ0n) is 16.9. The van der Waals surface area contributed by atoms with Crippen LogP contribution in [0, 0.1) is 12.8 Å². The molecule has 1 fully saturated rings. The van der Waals surface area contributed by atoms with E-state index in [1.807, 2.05) is 12.3 Å². The van der Waals surface area contributed by atoms with Gasteiger partial charge in [-0.25, -0.2) is 4.39 Å². The lowest BCUT2D eigenvalue weighted by Gasteiger charge is -2.38. The van der Waals surface area contributed by atoms with Gasteiger partial charge in [-0.15, -0.1) is 0 Å². The van der Waals surface area contributed by atoms with Crippen molar-refractivity contribution in [2.24, 2.45) is 5.92 Å². The number of hydrogen-bond acceptors (Lipinski definition) is 3. The summed E-state index contributed by atoms with van der Waals surface area (Å²) in [6.45, 7) is 3.59. The van der Waals surface area contributed by atoms with Gasteiger partial charge < -0.3 is 14.8 Å². The molecule has 1 saturated heterocycles. The number of halogens is 1. The first-order chi connectivity index (χ1) is 14.0. The summed E-state index contributed by atoms with van der Waals surface area (Å²) in [5.74, 6) is -1.19. The Hall–Kier alpha value is -2.60. The summed E-state index contributed by atoms with van der Waals surface area (Å²) in [6, 6.07) is 4.07. The summed E-state index contributed by atoms with van der Waals surface area (Å²) in [7, 11) is 1.68. The number of hydrogen-bond donors (Lipinski definition) is 2. The molecular formula is C23H27FN2O3. The number of allylic oxidation sites excluding steroid dienone is 1.